The van der Waals surface area contributed by atoms with Gasteiger partial charge in [-0.2, -0.15) is 0 Å². The Morgan fingerprint density at radius 3 is 2.45 bits per heavy atom. The van der Waals surface area contributed by atoms with E-state index in [9.17, 15) is 4.79 Å². The van der Waals surface area contributed by atoms with Gasteiger partial charge in [0.1, 0.15) is 0 Å². The van der Waals surface area contributed by atoms with Gasteiger partial charge in [0.2, 0.25) is 5.24 Å². The monoisotopic (exact) mass is 174 g/mol. The van der Waals surface area contributed by atoms with Gasteiger partial charge < -0.3 is 0 Å². The lowest BCUT2D eigenvalue weighted by Crippen LogP contribution is -2.16. The highest BCUT2D eigenvalue weighted by Crippen LogP contribution is 2.33. The fourth-order valence-corrected chi connectivity index (χ4v) is 2.37. The summed E-state index contributed by atoms with van der Waals surface area (Å²) in [6.45, 7) is 2.04. The van der Waals surface area contributed by atoms with Crippen molar-refractivity contribution in [2.75, 3.05) is 0 Å². The second kappa shape index (κ2) is 4.10. The topological polar surface area (TPSA) is 17.1 Å². The molecule has 1 aliphatic rings. The lowest BCUT2D eigenvalue weighted by Gasteiger charge is -2.16. The highest BCUT2D eigenvalue weighted by Gasteiger charge is 2.27. The number of hydrogen-bond acceptors (Lipinski definition) is 1. The van der Waals surface area contributed by atoms with Crippen LogP contribution < -0.4 is 0 Å². The second-order valence-electron chi connectivity index (χ2n) is 3.36. The lowest BCUT2D eigenvalue weighted by molar-refractivity contribution is -0.116. The molecule has 1 unspecified atom stereocenters. The summed E-state index contributed by atoms with van der Waals surface area (Å²) in [6.07, 6.45) is 5.89. The average molecular weight is 175 g/mol. The average Bonchev–Trinajstić information content (AvgIpc) is 2.40. The van der Waals surface area contributed by atoms with Crippen molar-refractivity contribution in [3.05, 3.63) is 0 Å². The van der Waals surface area contributed by atoms with Crippen molar-refractivity contribution in [3.63, 3.8) is 0 Å². The Morgan fingerprint density at radius 1 is 1.55 bits per heavy atom. The Balaban J connectivity index is 2.46. The van der Waals surface area contributed by atoms with Crippen molar-refractivity contribution in [1.82, 2.24) is 0 Å². The normalized spacial score (nSPS) is 22.0. The Bertz CT molecular complexity index is 138. The molecule has 0 spiro atoms. The molecule has 64 valence electrons. The van der Waals surface area contributed by atoms with E-state index < -0.39 is 0 Å². The van der Waals surface area contributed by atoms with E-state index in [0.717, 1.165) is 6.42 Å². The predicted octanol–water partition coefficient (Wildman–Crippen LogP) is 2.97. The minimum Gasteiger partial charge on any atom is -0.281 e. The summed E-state index contributed by atoms with van der Waals surface area (Å²) in [5.74, 6) is 0.726. The van der Waals surface area contributed by atoms with E-state index in [1.165, 1.54) is 25.7 Å². The Morgan fingerprint density at radius 2 is 2.09 bits per heavy atom. The predicted molar refractivity (Wildman–Crippen MR) is 46.6 cm³/mol. The Kier molecular flexibility index (Phi) is 3.38. The Labute approximate surface area is 73.1 Å². The zero-order chi connectivity index (χ0) is 8.27. The summed E-state index contributed by atoms with van der Waals surface area (Å²) in [5, 5.41) is -0.126. The standard InChI is InChI=1S/C9H15ClO/c1-2-8(9(10)11)7-5-3-4-6-7/h7-8H,2-6H2,1H3. The van der Waals surface area contributed by atoms with Gasteiger partial charge in [-0.1, -0.05) is 19.8 Å². The first-order valence-corrected chi connectivity index (χ1v) is 4.82. The summed E-state index contributed by atoms with van der Waals surface area (Å²) in [7, 11) is 0. The molecule has 1 saturated carbocycles. The molecule has 0 aromatic heterocycles. The van der Waals surface area contributed by atoms with Gasteiger partial charge in [0.05, 0.1) is 0 Å². The molecule has 0 saturated heterocycles. The van der Waals surface area contributed by atoms with Crippen LogP contribution in [0.15, 0.2) is 0 Å². The molecule has 1 aliphatic carbocycles. The summed E-state index contributed by atoms with van der Waals surface area (Å²) in [4.78, 5) is 10.9. The summed E-state index contributed by atoms with van der Waals surface area (Å²) in [6, 6.07) is 0. The molecular formula is C9H15ClO. The minimum absolute atomic E-state index is 0.126. The van der Waals surface area contributed by atoms with Crippen LogP contribution >= 0.6 is 11.6 Å². The molecule has 0 bridgehead atoms. The van der Waals surface area contributed by atoms with Gasteiger partial charge in [-0.15, -0.1) is 0 Å². The number of rotatable bonds is 3. The van der Waals surface area contributed by atoms with Crippen LogP contribution in [0.25, 0.3) is 0 Å². The molecule has 0 N–H and O–H groups in total. The third-order valence-corrected chi connectivity index (χ3v) is 2.98. The van der Waals surface area contributed by atoms with Crippen LogP contribution in [0.3, 0.4) is 0 Å². The molecule has 2 heteroatoms. The van der Waals surface area contributed by atoms with Crippen LogP contribution in [0.4, 0.5) is 0 Å². The maximum absolute atomic E-state index is 10.9. The molecule has 0 amide bonds. The molecular weight excluding hydrogens is 160 g/mol. The van der Waals surface area contributed by atoms with Gasteiger partial charge in [-0.05, 0) is 36.8 Å². The van der Waals surface area contributed by atoms with Crippen molar-refractivity contribution in [1.29, 1.82) is 0 Å². The van der Waals surface area contributed by atoms with Crippen LogP contribution in [0.2, 0.25) is 0 Å². The molecule has 0 aromatic rings. The third kappa shape index (κ3) is 2.19. The third-order valence-electron chi connectivity index (χ3n) is 2.70. The number of halogens is 1. The van der Waals surface area contributed by atoms with Crippen molar-refractivity contribution < 1.29 is 4.79 Å². The van der Waals surface area contributed by atoms with E-state index >= 15 is 0 Å². The maximum atomic E-state index is 10.9. The van der Waals surface area contributed by atoms with Crippen LogP contribution in [0, 0.1) is 11.8 Å². The zero-order valence-electron chi connectivity index (χ0n) is 6.98. The van der Waals surface area contributed by atoms with Crippen LogP contribution in [0.5, 0.6) is 0 Å². The van der Waals surface area contributed by atoms with E-state index in [4.69, 9.17) is 11.6 Å². The smallest absolute Gasteiger partial charge is 0.224 e. The van der Waals surface area contributed by atoms with Gasteiger partial charge in [0.15, 0.2) is 0 Å². The van der Waals surface area contributed by atoms with E-state index in [1.807, 2.05) is 6.92 Å². The molecule has 0 aromatic carbocycles. The zero-order valence-corrected chi connectivity index (χ0v) is 7.73. The van der Waals surface area contributed by atoms with Gasteiger partial charge >= 0.3 is 0 Å². The summed E-state index contributed by atoms with van der Waals surface area (Å²) >= 11 is 5.49. The fourth-order valence-electron chi connectivity index (χ4n) is 2.04. The van der Waals surface area contributed by atoms with Gasteiger partial charge in [-0.3, -0.25) is 4.79 Å². The minimum atomic E-state index is -0.126. The molecule has 1 atom stereocenters. The van der Waals surface area contributed by atoms with E-state index in [0.29, 0.717) is 5.92 Å². The molecule has 0 radical (unpaired) electrons. The van der Waals surface area contributed by atoms with Gasteiger partial charge in [-0.25, -0.2) is 0 Å². The number of hydrogen-bond donors (Lipinski definition) is 0. The van der Waals surface area contributed by atoms with Gasteiger partial charge in [0, 0.05) is 5.92 Å². The van der Waals surface area contributed by atoms with Crippen molar-refractivity contribution >= 4 is 16.8 Å². The first-order valence-electron chi connectivity index (χ1n) is 4.45. The largest absolute Gasteiger partial charge is 0.281 e. The SMILES string of the molecule is CCC(C(=O)Cl)C1CCCC1. The molecule has 0 aliphatic heterocycles. The highest BCUT2D eigenvalue weighted by molar-refractivity contribution is 6.64. The molecule has 1 nitrogen and oxygen atoms in total. The molecule has 0 heterocycles. The van der Waals surface area contributed by atoms with Crippen LogP contribution in [-0.2, 0) is 4.79 Å². The summed E-state index contributed by atoms with van der Waals surface area (Å²) < 4.78 is 0. The fraction of sp³-hybridized carbons (Fsp3) is 0.889. The van der Waals surface area contributed by atoms with Crippen molar-refractivity contribution in [2.24, 2.45) is 11.8 Å². The summed E-state index contributed by atoms with van der Waals surface area (Å²) in [5.41, 5.74) is 0. The molecule has 1 fully saturated rings. The first-order chi connectivity index (χ1) is 5.25. The number of carbonyl (C=O) groups is 1. The van der Waals surface area contributed by atoms with Crippen molar-refractivity contribution in [2.45, 2.75) is 39.0 Å². The maximum Gasteiger partial charge on any atom is 0.224 e. The molecule has 1 rings (SSSR count). The lowest BCUT2D eigenvalue weighted by atomic mass is 9.90. The van der Waals surface area contributed by atoms with Crippen LogP contribution in [0.1, 0.15) is 39.0 Å². The van der Waals surface area contributed by atoms with Crippen molar-refractivity contribution in [3.8, 4) is 0 Å². The van der Waals surface area contributed by atoms with E-state index in [-0.39, 0.29) is 11.2 Å². The Hall–Kier alpha value is -0.0400. The van der Waals surface area contributed by atoms with Gasteiger partial charge in [0.25, 0.3) is 0 Å². The van der Waals surface area contributed by atoms with E-state index in [2.05, 4.69) is 0 Å². The van der Waals surface area contributed by atoms with E-state index in [1.54, 1.807) is 0 Å². The highest BCUT2D eigenvalue weighted by atomic mass is 35.5. The van der Waals surface area contributed by atoms with Crippen LogP contribution in [-0.4, -0.2) is 5.24 Å². The first kappa shape index (κ1) is 9.05. The quantitative estimate of drug-likeness (QED) is 0.602. The molecule has 11 heavy (non-hydrogen) atoms. The number of carbonyl (C=O) groups excluding carboxylic acids is 1. The second-order valence-corrected chi connectivity index (χ2v) is 3.74.